The van der Waals surface area contributed by atoms with Gasteiger partial charge in [0.1, 0.15) is 0 Å². The number of guanidine groups is 2. The average molecular weight is 445 g/mol. The summed E-state index contributed by atoms with van der Waals surface area (Å²) in [5, 5.41) is 0. The molecule has 0 bridgehead atoms. The molecule has 0 aromatic rings. The van der Waals surface area contributed by atoms with E-state index in [1.165, 1.54) is 0 Å². The molecule has 0 fully saturated rings. The van der Waals surface area contributed by atoms with Crippen LogP contribution in [0.15, 0.2) is 9.98 Å². The molecule has 0 rings (SSSR count). The van der Waals surface area contributed by atoms with Crippen LogP contribution in [-0.4, -0.2) is 116 Å². The van der Waals surface area contributed by atoms with E-state index in [1.807, 2.05) is 14.1 Å². The molecule has 0 heterocycles. The Morgan fingerprint density at radius 2 is 0.966 bits per heavy atom. The molecular formula is C20H48N6OSi2. The first-order valence-electron chi connectivity index (χ1n) is 10.7. The number of hydrogen-bond acceptors (Lipinski definition) is 3. The Kier molecular flexibility index (Phi) is 10.9. The van der Waals surface area contributed by atoms with Crippen molar-refractivity contribution in [2.24, 2.45) is 9.98 Å². The third-order valence-electron chi connectivity index (χ3n) is 5.67. The second-order valence-electron chi connectivity index (χ2n) is 9.21. The van der Waals surface area contributed by atoms with Gasteiger partial charge in [0.05, 0.1) is 0 Å². The molecular weight excluding hydrogens is 396 g/mol. The van der Waals surface area contributed by atoms with Crippen LogP contribution in [0, 0.1) is 0 Å². The summed E-state index contributed by atoms with van der Waals surface area (Å²) in [5.41, 5.74) is 0.706. The zero-order chi connectivity index (χ0) is 23.2. The van der Waals surface area contributed by atoms with Crippen molar-refractivity contribution in [3.63, 3.8) is 0 Å². The van der Waals surface area contributed by atoms with E-state index in [-0.39, 0.29) is 0 Å². The quantitative estimate of drug-likeness (QED) is 0.327. The Morgan fingerprint density at radius 3 is 1.14 bits per heavy atom. The van der Waals surface area contributed by atoms with Gasteiger partial charge in [-0.3, -0.25) is 9.98 Å². The minimum atomic E-state index is -2.05. The molecule has 0 N–H and O–H groups in total. The smallest absolute Gasteiger partial charge is 0.196 e. The molecule has 0 aromatic heterocycles. The Labute approximate surface area is 183 Å². The maximum Gasteiger partial charge on any atom is 0.196 e. The fraction of sp³-hybridized carbons (Fsp3) is 0.900. The van der Waals surface area contributed by atoms with Gasteiger partial charge in [0, 0.05) is 67.7 Å². The molecule has 0 saturated carbocycles. The van der Waals surface area contributed by atoms with Gasteiger partial charge in [-0.1, -0.05) is 13.8 Å². The highest BCUT2D eigenvalue weighted by Crippen LogP contribution is 2.28. The molecule has 9 heteroatoms. The monoisotopic (exact) mass is 444 g/mol. The van der Waals surface area contributed by atoms with Gasteiger partial charge in [0.15, 0.2) is 28.6 Å². The lowest BCUT2D eigenvalue weighted by Gasteiger charge is -2.48. The van der Waals surface area contributed by atoms with Crippen molar-refractivity contribution >= 4 is 28.6 Å². The van der Waals surface area contributed by atoms with Crippen LogP contribution in [0.25, 0.3) is 0 Å². The topological polar surface area (TPSA) is 46.9 Å². The molecule has 0 amide bonds. The minimum absolute atomic E-state index is 0.353. The first kappa shape index (κ1) is 27.9. The Balaban J connectivity index is 5.84. The van der Waals surface area contributed by atoms with E-state index in [2.05, 4.69) is 112 Å². The van der Waals surface area contributed by atoms with Crippen LogP contribution in [0.3, 0.4) is 0 Å². The summed E-state index contributed by atoms with van der Waals surface area (Å²) in [6.45, 7) is 14.0. The molecule has 0 aromatic carbocycles. The number of rotatable bonds is 8. The molecule has 7 nitrogen and oxygen atoms in total. The maximum atomic E-state index is 7.17. The summed E-state index contributed by atoms with van der Waals surface area (Å²) >= 11 is 0. The normalized spacial score (nSPS) is 15.8. The van der Waals surface area contributed by atoms with Crippen LogP contribution in [0.2, 0.25) is 26.2 Å². The zero-order valence-corrected chi connectivity index (χ0v) is 23.7. The highest BCUT2D eigenvalue weighted by atomic mass is 28.4. The van der Waals surface area contributed by atoms with E-state index in [4.69, 9.17) is 4.12 Å². The number of nitrogens with zero attached hydrogens (tertiary/aromatic N) is 6. The van der Waals surface area contributed by atoms with Crippen LogP contribution in [-0.2, 0) is 4.12 Å². The Bertz CT molecular complexity index is 515. The molecule has 0 aliphatic carbocycles. The maximum absolute atomic E-state index is 7.17. The predicted octanol–water partition coefficient (Wildman–Crippen LogP) is 3.01. The molecule has 0 aliphatic rings. The van der Waals surface area contributed by atoms with Crippen LogP contribution in [0.1, 0.15) is 26.7 Å². The average Bonchev–Trinajstić information content (AvgIpc) is 2.54. The third-order valence-corrected chi connectivity index (χ3v) is 14.7. The van der Waals surface area contributed by atoms with Crippen LogP contribution in [0.5, 0.6) is 0 Å². The van der Waals surface area contributed by atoms with E-state index in [1.54, 1.807) is 0 Å². The summed E-state index contributed by atoms with van der Waals surface area (Å²) in [7, 11) is 12.1. The van der Waals surface area contributed by atoms with E-state index in [0.717, 1.165) is 24.8 Å². The van der Waals surface area contributed by atoms with Gasteiger partial charge in [-0.25, -0.2) is 0 Å². The van der Waals surface area contributed by atoms with Crippen molar-refractivity contribution < 1.29 is 4.12 Å². The van der Waals surface area contributed by atoms with Gasteiger partial charge in [0.2, 0.25) is 0 Å². The molecule has 172 valence electrons. The molecule has 2 unspecified atom stereocenters. The summed E-state index contributed by atoms with van der Waals surface area (Å²) < 4.78 is 7.17. The van der Waals surface area contributed by atoms with Crippen molar-refractivity contribution in [2.45, 2.75) is 64.2 Å². The van der Waals surface area contributed by atoms with Crippen molar-refractivity contribution in [1.29, 1.82) is 0 Å². The summed E-state index contributed by atoms with van der Waals surface area (Å²) in [6.07, 6.45) is 2.08. The lowest BCUT2D eigenvalue weighted by Crippen LogP contribution is -2.65. The fourth-order valence-corrected chi connectivity index (χ4v) is 15.5. The van der Waals surface area contributed by atoms with Gasteiger partial charge in [-0.05, 0) is 39.0 Å². The van der Waals surface area contributed by atoms with Gasteiger partial charge >= 0.3 is 0 Å². The largest absolute Gasteiger partial charge is 0.453 e. The molecule has 0 radical (unpaired) electrons. The first-order chi connectivity index (χ1) is 13.2. The van der Waals surface area contributed by atoms with E-state index in [0.29, 0.717) is 11.3 Å². The second-order valence-corrected chi connectivity index (χ2v) is 17.8. The molecule has 2 atom stereocenters. The van der Waals surface area contributed by atoms with Crippen LogP contribution in [0.4, 0.5) is 0 Å². The standard InChI is InChI=1S/C20H48N6OSi2/c1-15-17(25(9)19(21-3)23(5)6)28(11,12)27-29(13,14)18(16-2)26(10)20(22-4)24(7)8/h17-18H,15-16H2,1-14H3. The van der Waals surface area contributed by atoms with Crippen molar-refractivity contribution in [3.8, 4) is 0 Å². The van der Waals surface area contributed by atoms with E-state index < -0.39 is 16.6 Å². The predicted molar refractivity (Wildman–Crippen MR) is 134 cm³/mol. The lowest BCUT2D eigenvalue weighted by atomic mass is 10.4. The van der Waals surface area contributed by atoms with E-state index in [9.17, 15) is 0 Å². The van der Waals surface area contributed by atoms with Gasteiger partial charge in [0.25, 0.3) is 0 Å². The molecule has 0 spiro atoms. The SMILES string of the molecule is CCC(N(C)C(=NC)N(C)C)[Si](C)(C)O[Si](C)(C)C(CC)N(C)C(=NC)N(C)C. The number of hydrogen-bond donors (Lipinski definition) is 0. The molecule has 29 heavy (non-hydrogen) atoms. The molecule has 0 aliphatic heterocycles. The highest BCUT2D eigenvalue weighted by Gasteiger charge is 2.46. The summed E-state index contributed by atoms with van der Waals surface area (Å²) in [6, 6.07) is 0. The van der Waals surface area contributed by atoms with Crippen LogP contribution < -0.4 is 0 Å². The lowest BCUT2D eigenvalue weighted by molar-refractivity contribution is 0.326. The minimum Gasteiger partial charge on any atom is -0.453 e. The zero-order valence-electron chi connectivity index (χ0n) is 21.7. The van der Waals surface area contributed by atoms with Crippen molar-refractivity contribution in [3.05, 3.63) is 0 Å². The summed E-state index contributed by atoms with van der Waals surface area (Å²) in [4.78, 5) is 17.8. The molecule has 0 saturated heterocycles. The number of aliphatic imine (C=N–C) groups is 2. The summed E-state index contributed by atoms with van der Waals surface area (Å²) in [5.74, 6) is 2.00. The fourth-order valence-electron chi connectivity index (χ4n) is 4.90. The first-order valence-corrected chi connectivity index (χ1v) is 16.6. The van der Waals surface area contributed by atoms with Gasteiger partial charge in [-0.15, -0.1) is 0 Å². The second kappa shape index (κ2) is 11.4. The highest BCUT2D eigenvalue weighted by molar-refractivity contribution is 6.86. The van der Waals surface area contributed by atoms with Gasteiger partial charge < -0.3 is 23.7 Å². The van der Waals surface area contributed by atoms with E-state index >= 15 is 0 Å². The van der Waals surface area contributed by atoms with Crippen LogP contribution >= 0.6 is 0 Å². The van der Waals surface area contributed by atoms with Crippen molar-refractivity contribution in [1.82, 2.24) is 19.6 Å². The van der Waals surface area contributed by atoms with Gasteiger partial charge in [-0.2, -0.15) is 0 Å². The third kappa shape index (κ3) is 6.99. The Morgan fingerprint density at radius 1 is 0.690 bits per heavy atom. The van der Waals surface area contributed by atoms with Crippen molar-refractivity contribution in [2.75, 3.05) is 56.4 Å². The Hall–Kier alpha value is -1.07.